The van der Waals surface area contributed by atoms with Crippen LogP contribution in [0.25, 0.3) is 0 Å². The minimum Gasteiger partial charge on any atom is -0.333 e. The summed E-state index contributed by atoms with van der Waals surface area (Å²) in [7, 11) is 0. The summed E-state index contributed by atoms with van der Waals surface area (Å²) < 4.78 is 1.79. The number of aromatic nitrogens is 2. The van der Waals surface area contributed by atoms with Crippen LogP contribution < -0.4 is 10.2 Å². The summed E-state index contributed by atoms with van der Waals surface area (Å²) in [5.74, 6) is -0.0165. The molecule has 0 saturated carbocycles. The first-order valence-electron chi connectivity index (χ1n) is 8.65. The number of carbonyl (C=O) groups excluding carboxylic acids is 2. The van der Waals surface area contributed by atoms with E-state index in [0.29, 0.717) is 31.2 Å². The van der Waals surface area contributed by atoms with E-state index in [0.717, 1.165) is 5.69 Å². The van der Waals surface area contributed by atoms with E-state index in [4.69, 9.17) is 11.6 Å². The number of carbonyl (C=O) groups is 2. The highest BCUT2D eigenvalue weighted by molar-refractivity contribution is 6.30. The Labute approximate surface area is 157 Å². The molecule has 0 spiro atoms. The van der Waals surface area contributed by atoms with E-state index in [2.05, 4.69) is 10.4 Å². The van der Waals surface area contributed by atoms with E-state index in [-0.39, 0.29) is 24.4 Å². The fourth-order valence-electron chi connectivity index (χ4n) is 3.02. The Kier molecular flexibility index (Phi) is 5.78. The lowest BCUT2D eigenvalue weighted by Gasteiger charge is -2.24. The van der Waals surface area contributed by atoms with E-state index in [1.165, 1.54) is 0 Å². The number of rotatable bonds is 6. The predicted octanol–water partition coefficient (Wildman–Crippen LogP) is 2.37. The van der Waals surface area contributed by atoms with Gasteiger partial charge in [-0.05, 0) is 31.2 Å². The molecule has 1 fully saturated rings. The molecule has 8 heteroatoms. The molecule has 0 aliphatic carbocycles. The van der Waals surface area contributed by atoms with Crippen LogP contribution in [0.3, 0.4) is 0 Å². The van der Waals surface area contributed by atoms with Crippen LogP contribution in [0.1, 0.15) is 13.3 Å². The molecule has 1 aromatic heterocycles. The van der Waals surface area contributed by atoms with Crippen LogP contribution in [-0.4, -0.2) is 52.3 Å². The van der Waals surface area contributed by atoms with E-state index in [1.54, 1.807) is 32.8 Å². The molecule has 1 saturated heterocycles. The molecule has 7 nitrogen and oxygen atoms in total. The Morgan fingerprint density at radius 3 is 2.96 bits per heavy atom. The molecule has 0 bridgehead atoms. The average molecular weight is 376 g/mol. The molecule has 3 amide bonds. The van der Waals surface area contributed by atoms with Gasteiger partial charge in [-0.15, -0.1) is 0 Å². The molecule has 1 aliphatic heterocycles. The predicted molar refractivity (Wildman–Crippen MR) is 100 cm³/mol. The van der Waals surface area contributed by atoms with Gasteiger partial charge in [-0.2, -0.15) is 5.10 Å². The Hall–Kier alpha value is -2.54. The minimum absolute atomic E-state index is 0.0165. The van der Waals surface area contributed by atoms with Crippen LogP contribution >= 0.6 is 11.6 Å². The van der Waals surface area contributed by atoms with Gasteiger partial charge in [0, 0.05) is 49.2 Å². The topological polar surface area (TPSA) is 70.5 Å². The quantitative estimate of drug-likeness (QED) is 0.842. The first-order chi connectivity index (χ1) is 12.6. The van der Waals surface area contributed by atoms with Gasteiger partial charge in [0.1, 0.15) is 0 Å². The van der Waals surface area contributed by atoms with Gasteiger partial charge < -0.3 is 15.1 Å². The molecule has 0 radical (unpaired) electrons. The lowest BCUT2D eigenvalue weighted by Crippen LogP contribution is -2.46. The van der Waals surface area contributed by atoms with E-state index < -0.39 is 0 Å². The van der Waals surface area contributed by atoms with Crippen molar-refractivity contribution < 1.29 is 9.59 Å². The summed E-state index contributed by atoms with van der Waals surface area (Å²) >= 11 is 6.01. The first kappa shape index (κ1) is 18.3. The number of amides is 3. The van der Waals surface area contributed by atoms with Crippen LogP contribution in [0.4, 0.5) is 10.5 Å². The second-order valence-electron chi connectivity index (χ2n) is 6.18. The van der Waals surface area contributed by atoms with E-state index >= 15 is 0 Å². The number of benzene rings is 1. The summed E-state index contributed by atoms with van der Waals surface area (Å²) in [6.45, 7) is 4.16. The monoisotopic (exact) mass is 375 g/mol. The summed E-state index contributed by atoms with van der Waals surface area (Å²) in [4.78, 5) is 28.2. The van der Waals surface area contributed by atoms with Crippen LogP contribution in [0.5, 0.6) is 0 Å². The highest BCUT2D eigenvalue weighted by atomic mass is 35.5. The third kappa shape index (κ3) is 4.35. The maximum absolute atomic E-state index is 12.5. The van der Waals surface area contributed by atoms with Crippen LogP contribution in [-0.2, 0) is 11.3 Å². The fraction of sp³-hybridized carbons (Fsp3) is 0.389. The van der Waals surface area contributed by atoms with Gasteiger partial charge in [0.15, 0.2) is 0 Å². The highest BCUT2D eigenvalue weighted by Crippen LogP contribution is 2.24. The van der Waals surface area contributed by atoms with Crippen LogP contribution in [0.15, 0.2) is 42.7 Å². The minimum atomic E-state index is -0.215. The van der Waals surface area contributed by atoms with Crippen molar-refractivity contribution in [1.29, 1.82) is 0 Å². The molecule has 0 unspecified atom stereocenters. The third-order valence-corrected chi connectivity index (χ3v) is 4.63. The zero-order valence-corrected chi connectivity index (χ0v) is 15.4. The number of nitrogens with one attached hydrogen (secondary N) is 1. The second-order valence-corrected chi connectivity index (χ2v) is 6.62. The Morgan fingerprint density at radius 2 is 2.27 bits per heavy atom. The summed E-state index contributed by atoms with van der Waals surface area (Å²) in [5, 5.41) is 7.69. The van der Waals surface area contributed by atoms with Gasteiger partial charge >= 0.3 is 6.03 Å². The molecule has 138 valence electrons. The van der Waals surface area contributed by atoms with Gasteiger partial charge in [-0.25, -0.2) is 4.79 Å². The van der Waals surface area contributed by atoms with Crippen molar-refractivity contribution in [2.24, 2.45) is 0 Å². The molecule has 1 atom stereocenters. The first-order valence-corrected chi connectivity index (χ1v) is 9.03. The molecule has 1 aromatic carbocycles. The SMILES string of the molecule is CCN(CCn1cccn1)C(=O)N[C@@H]1CC(=O)N(c2cccc(Cl)c2)C1. The zero-order valence-electron chi connectivity index (χ0n) is 14.6. The van der Waals surface area contributed by atoms with Crippen molar-refractivity contribution in [3.63, 3.8) is 0 Å². The lowest BCUT2D eigenvalue weighted by atomic mass is 10.2. The van der Waals surface area contributed by atoms with Crippen molar-refractivity contribution in [2.75, 3.05) is 24.5 Å². The van der Waals surface area contributed by atoms with Crippen molar-refractivity contribution >= 4 is 29.2 Å². The normalized spacial score (nSPS) is 16.8. The van der Waals surface area contributed by atoms with Crippen LogP contribution in [0.2, 0.25) is 5.02 Å². The van der Waals surface area contributed by atoms with E-state index in [1.807, 2.05) is 31.3 Å². The lowest BCUT2D eigenvalue weighted by molar-refractivity contribution is -0.117. The fourth-order valence-corrected chi connectivity index (χ4v) is 3.21. The standard InChI is InChI=1S/C18H22ClN5O2/c1-2-22(9-10-23-8-4-7-20-23)18(26)21-15-12-17(25)24(13-15)16-6-3-5-14(19)11-16/h3-8,11,15H,2,9-10,12-13H2,1H3,(H,21,26)/t15-/m1/s1. The smallest absolute Gasteiger partial charge is 0.317 e. The van der Waals surface area contributed by atoms with Crippen LogP contribution in [0, 0.1) is 0 Å². The largest absolute Gasteiger partial charge is 0.333 e. The van der Waals surface area contributed by atoms with Gasteiger partial charge in [0.2, 0.25) is 5.91 Å². The molecule has 3 rings (SSSR count). The molecule has 1 aliphatic rings. The number of urea groups is 1. The molecular formula is C18H22ClN5O2. The van der Waals surface area contributed by atoms with Gasteiger partial charge in [-0.1, -0.05) is 17.7 Å². The maximum atomic E-state index is 12.5. The van der Waals surface area contributed by atoms with Gasteiger partial charge in [-0.3, -0.25) is 9.48 Å². The van der Waals surface area contributed by atoms with Crippen molar-refractivity contribution in [3.05, 3.63) is 47.7 Å². The van der Waals surface area contributed by atoms with Gasteiger partial charge in [0.25, 0.3) is 0 Å². The maximum Gasteiger partial charge on any atom is 0.317 e. The highest BCUT2D eigenvalue weighted by Gasteiger charge is 2.32. The van der Waals surface area contributed by atoms with Crippen molar-refractivity contribution in [3.8, 4) is 0 Å². The van der Waals surface area contributed by atoms with Crippen molar-refractivity contribution in [1.82, 2.24) is 20.0 Å². The zero-order chi connectivity index (χ0) is 18.5. The van der Waals surface area contributed by atoms with Crippen molar-refractivity contribution in [2.45, 2.75) is 25.9 Å². The Bertz CT molecular complexity index is 765. The van der Waals surface area contributed by atoms with Gasteiger partial charge in [0.05, 0.1) is 12.6 Å². The Balaban J connectivity index is 1.56. The Morgan fingerprint density at radius 1 is 1.42 bits per heavy atom. The third-order valence-electron chi connectivity index (χ3n) is 4.40. The number of anilines is 1. The number of nitrogens with zero attached hydrogens (tertiary/aromatic N) is 4. The number of hydrogen-bond acceptors (Lipinski definition) is 3. The summed E-state index contributed by atoms with van der Waals surface area (Å²) in [6.07, 6.45) is 3.87. The number of likely N-dealkylation sites (N-methyl/N-ethyl adjacent to an activating group) is 1. The molecular weight excluding hydrogens is 354 g/mol. The molecule has 26 heavy (non-hydrogen) atoms. The second kappa shape index (κ2) is 8.23. The summed E-state index contributed by atoms with van der Waals surface area (Å²) in [6, 6.07) is 8.65. The molecule has 2 heterocycles. The van der Waals surface area contributed by atoms with E-state index in [9.17, 15) is 9.59 Å². The molecule has 2 aromatic rings. The average Bonchev–Trinajstić information content (AvgIpc) is 3.25. The summed E-state index contributed by atoms with van der Waals surface area (Å²) in [5.41, 5.74) is 0.755. The molecule has 1 N–H and O–H groups in total. The number of halogens is 1. The number of hydrogen-bond donors (Lipinski definition) is 1.